The molecule has 1 saturated carbocycles. The zero-order valence-electron chi connectivity index (χ0n) is 16.6. The molecule has 0 radical (unpaired) electrons. The molecule has 0 unspecified atom stereocenters. The molecular formula is C20H33IN4O3. The number of hydrogen-bond acceptors (Lipinski definition) is 4. The molecule has 0 aliphatic heterocycles. The third-order valence-corrected chi connectivity index (χ3v) is 4.40. The van der Waals surface area contributed by atoms with Crippen molar-refractivity contribution in [3.8, 4) is 5.75 Å². The summed E-state index contributed by atoms with van der Waals surface area (Å²) >= 11 is 0. The fourth-order valence-electron chi connectivity index (χ4n) is 3.00. The largest absolute Gasteiger partial charge is 0.508 e. The van der Waals surface area contributed by atoms with Crippen LogP contribution < -0.4 is 16.0 Å². The molecule has 1 aromatic rings. The Labute approximate surface area is 184 Å². The molecule has 0 saturated heterocycles. The van der Waals surface area contributed by atoms with Crippen molar-refractivity contribution >= 4 is 41.5 Å². The van der Waals surface area contributed by atoms with Gasteiger partial charge in [0.25, 0.3) is 0 Å². The third-order valence-electron chi connectivity index (χ3n) is 4.40. The Balaban J connectivity index is 0.00000392. The number of phenols is 1. The number of anilines is 1. The quantitative estimate of drug-likeness (QED) is 0.136. The first kappa shape index (κ1) is 24.5. The molecule has 4 N–H and O–H groups in total. The molecule has 1 aliphatic rings. The molecule has 158 valence electrons. The molecular weight excluding hydrogens is 471 g/mol. The standard InChI is InChI=1S/C20H32N4O3.HI/c1-2-21-20(22-13-6-14-27-18-7-4-3-5-8-18)23-15-19(26)24-16-9-11-17(25)12-10-16;/h9-12,18,25H,2-8,13-15H2,1H3,(H,24,26)(H2,21,22,23);1H. The van der Waals surface area contributed by atoms with Crippen molar-refractivity contribution in [2.45, 2.75) is 51.6 Å². The summed E-state index contributed by atoms with van der Waals surface area (Å²) in [5.41, 5.74) is 0.630. The van der Waals surface area contributed by atoms with Crippen molar-refractivity contribution in [2.24, 2.45) is 4.99 Å². The highest BCUT2D eigenvalue weighted by molar-refractivity contribution is 14.0. The molecule has 0 heterocycles. The lowest BCUT2D eigenvalue weighted by Gasteiger charge is -2.22. The number of halogens is 1. The molecule has 0 aromatic heterocycles. The number of amides is 1. The van der Waals surface area contributed by atoms with E-state index in [0.717, 1.165) is 26.1 Å². The highest BCUT2D eigenvalue weighted by Crippen LogP contribution is 2.20. The maximum Gasteiger partial charge on any atom is 0.246 e. The van der Waals surface area contributed by atoms with E-state index in [1.165, 1.54) is 44.2 Å². The van der Waals surface area contributed by atoms with Crippen molar-refractivity contribution in [1.82, 2.24) is 10.6 Å². The first-order chi connectivity index (χ1) is 13.2. The van der Waals surface area contributed by atoms with Gasteiger partial charge in [0.2, 0.25) is 5.91 Å². The van der Waals surface area contributed by atoms with E-state index in [0.29, 0.717) is 17.8 Å². The topological polar surface area (TPSA) is 95.0 Å². The summed E-state index contributed by atoms with van der Waals surface area (Å²) in [6.07, 6.45) is 7.62. The minimum atomic E-state index is -0.210. The summed E-state index contributed by atoms with van der Waals surface area (Å²) in [5, 5.41) is 18.4. The molecule has 1 aromatic carbocycles. The summed E-state index contributed by atoms with van der Waals surface area (Å²) in [6, 6.07) is 6.35. The van der Waals surface area contributed by atoms with Crippen molar-refractivity contribution in [3.63, 3.8) is 0 Å². The highest BCUT2D eigenvalue weighted by atomic mass is 127. The monoisotopic (exact) mass is 504 g/mol. The van der Waals surface area contributed by atoms with Crippen LogP contribution in [0.4, 0.5) is 5.69 Å². The number of rotatable bonds is 9. The van der Waals surface area contributed by atoms with Crippen LogP contribution in [-0.4, -0.2) is 49.3 Å². The van der Waals surface area contributed by atoms with Gasteiger partial charge in [0, 0.05) is 25.4 Å². The lowest BCUT2D eigenvalue weighted by molar-refractivity contribution is -0.114. The number of carbonyl (C=O) groups is 1. The van der Waals surface area contributed by atoms with Crippen LogP contribution >= 0.6 is 24.0 Å². The molecule has 7 nitrogen and oxygen atoms in total. The fraction of sp³-hybridized carbons (Fsp3) is 0.600. The lowest BCUT2D eigenvalue weighted by Crippen LogP contribution is -2.38. The van der Waals surface area contributed by atoms with Crippen molar-refractivity contribution in [1.29, 1.82) is 0 Å². The Hall–Kier alpha value is -1.55. The maximum absolute atomic E-state index is 12.0. The minimum absolute atomic E-state index is 0. The van der Waals surface area contributed by atoms with Crippen molar-refractivity contribution in [3.05, 3.63) is 24.3 Å². The van der Waals surface area contributed by atoms with Gasteiger partial charge in [-0.3, -0.25) is 4.79 Å². The average Bonchev–Trinajstić information content (AvgIpc) is 2.68. The van der Waals surface area contributed by atoms with Gasteiger partial charge in [0.1, 0.15) is 12.3 Å². The highest BCUT2D eigenvalue weighted by Gasteiger charge is 2.13. The van der Waals surface area contributed by atoms with Gasteiger partial charge in [-0.1, -0.05) is 19.3 Å². The van der Waals surface area contributed by atoms with Gasteiger partial charge in [-0.25, -0.2) is 4.99 Å². The summed E-state index contributed by atoms with van der Waals surface area (Å²) in [7, 11) is 0. The van der Waals surface area contributed by atoms with Crippen LogP contribution in [0, 0.1) is 0 Å². The van der Waals surface area contributed by atoms with E-state index in [2.05, 4.69) is 20.9 Å². The number of aromatic hydroxyl groups is 1. The molecule has 0 atom stereocenters. The zero-order chi connectivity index (χ0) is 19.3. The third kappa shape index (κ3) is 10.1. The lowest BCUT2D eigenvalue weighted by atomic mass is 9.98. The van der Waals surface area contributed by atoms with Crippen molar-refractivity contribution < 1.29 is 14.6 Å². The van der Waals surface area contributed by atoms with Crippen LogP contribution in [0.15, 0.2) is 29.3 Å². The molecule has 0 bridgehead atoms. The van der Waals surface area contributed by atoms with E-state index in [1.807, 2.05) is 6.92 Å². The van der Waals surface area contributed by atoms with E-state index in [1.54, 1.807) is 12.1 Å². The predicted octanol–water partition coefficient (Wildman–Crippen LogP) is 3.24. The van der Waals surface area contributed by atoms with Gasteiger partial charge in [-0.15, -0.1) is 24.0 Å². The SMILES string of the molecule is CCNC(=NCC(=O)Nc1ccc(O)cc1)NCCCOC1CCCCC1.I. The normalized spacial score (nSPS) is 14.8. The molecule has 2 rings (SSSR count). The summed E-state index contributed by atoms with van der Waals surface area (Å²) in [6.45, 7) is 4.23. The van der Waals surface area contributed by atoms with Crippen LogP contribution in [0.3, 0.4) is 0 Å². The van der Waals surface area contributed by atoms with E-state index in [4.69, 9.17) is 4.74 Å². The minimum Gasteiger partial charge on any atom is -0.508 e. The number of nitrogens with one attached hydrogen (secondary N) is 3. The Morgan fingerprint density at radius 1 is 1.18 bits per heavy atom. The van der Waals surface area contributed by atoms with Gasteiger partial charge >= 0.3 is 0 Å². The number of benzene rings is 1. The van der Waals surface area contributed by atoms with Gasteiger partial charge in [0.05, 0.1) is 6.10 Å². The van der Waals surface area contributed by atoms with E-state index < -0.39 is 0 Å². The number of guanidine groups is 1. The number of ether oxygens (including phenoxy) is 1. The number of nitrogens with zero attached hydrogens (tertiary/aromatic N) is 1. The van der Waals surface area contributed by atoms with Gasteiger partial charge in [-0.2, -0.15) is 0 Å². The summed E-state index contributed by atoms with van der Waals surface area (Å²) in [5.74, 6) is 0.576. The predicted molar refractivity (Wildman–Crippen MR) is 124 cm³/mol. The van der Waals surface area contributed by atoms with Crippen LogP contribution in [0.25, 0.3) is 0 Å². The first-order valence-corrected chi connectivity index (χ1v) is 9.90. The second-order valence-corrected chi connectivity index (χ2v) is 6.70. The molecule has 1 fully saturated rings. The van der Waals surface area contributed by atoms with E-state index >= 15 is 0 Å². The number of carbonyl (C=O) groups excluding carboxylic acids is 1. The Morgan fingerprint density at radius 2 is 1.89 bits per heavy atom. The van der Waals surface area contributed by atoms with Crippen LogP contribution in [-0.2, 0) is 9.53 Å². The number of phenolic OH excluding ortho intramolecular Hbond substituents is 1. The molecule has 8 heteroatoms. The second kappa shape index (κ2) is 14.4. The summed E-state index contributed by atoms with van der Waals surface area (Å²) < 4.78 is 5.92. The smallest absolute Gasteiger partial charge is 0.246 e. The van der Waals surface area contributed by atoms with Crippen LogP contribution in [0.1, 0.15) is 45.4 Å². The number of aliphatic imine (C=N–C) groups is 1. The Kier molecular flexibility index (Phi) is 12.6. The summed E-state index contributed by atoms with van der Waals surface area (Å²) in [4.78, 5) is 16.3. The molecule has 1 aliphatic carbocycles. The van der Waals surface area contributed by atoms with Gasteiger partial charge < -0.3 is 25.8 Å². The second-order valence-electron chi connectivity index (χ2n) is 6.70. The molecule has 0 spiro atoms. The Bertz CT molecular complexity index is 590. The van der Waals surface area contributed by atoms with Crippen molar-refractivity contribution in [2.75, 3.05) is 31.6 Å². The van der Waals surface area contributed by atoms with Gasteiger partial charge in [-0.05, 0) is 50.5 Å². The van der Waals surface area contributed by atoms with Gasteiger partial charge in [0.15, 0.2) is 5.96 Å². The fourth-order valence-corrected chi connectivity index (χ4v) is 3.00. The van der Waals surface area contributed by atoms with Crippen LogP contribution in [0.2, 0.25) is 0 Å². The maximum atomic E-state index is 12.0. The first-order valence-electron chi connectivity index (χ1n) is 9.90. The van der Waals surface area contributed by atoms with E-state index in [-0.39, 0.29) is 42.2 Å². The molecule has 28 heavy (non-hydrogen) atoms. The van der Waals surface area contributed by atoms with E-state index in [9.17, 15) is 9.90 Å². The average molecular weight is 504 g/mol. The zero-order valence-corrected chi connectivity index (χ0v) is 18.9. The van der Waals surface area contributed by atoms with Crippen LogP contribution in [0.5, 0.6) is 5.75 Å². The molecule has 1 amide bonds. The Morgan fingerprint density at radius 3 is 2.57 bits per heavy atom. The number of hydrogen-bond donors (Lipinski definition) is 4.